The Kier molecular flexibility index (Phi) is 5.71. The van der Waals surface area contributed by atoms with Gasteiger partial charge in [0.25, 0.3) is 0 Å². The first-order valence-electron chi connectivity index (χ1n) is 6.58. The normalized spacial score (nSPS) is 12.4. The molecule has 3 nitrogen and oxygen atoms in total. The molecular weight excluding hydrogens is 276 g/mol. The second kappa shape index (κ2) is 7.07. The zero-order valence-electron chi connectivity index (χ0n) is 12.4. The first-order chi connectivity index (χ1) is 9.76. The molecule has 0 saturated carbocycles. The highest BCUT2D eigenvalue weighted by Crippen LogP contribution is 2.20. The van der Waals surface area contributed by atoms with E-state index in [2.05, 4.69) is 11.2 Å². The van der Waals surface area contributed by atoms with Crippen molar-refractivity contribution in [2.75, 3.05) is 6.61 Å². The van der Waals surface area contributed by atoms with E-state index < -0.39 is 17.0 Å². The van der Waals surface area contributed by atoms with Crippen LogP contribution in [0.3, 0.4) is 0 Å². The van der Waals surface area contributed by atoms with E-state index in [1.165, 1.54) is 6.07 Å². The molecular formula is C16H19F2NO2. The lowest BCUT2D eigenvalue weighted by Gasteiger charge is -2.24. The molecule has 0 spiro atoms. The Morgan fingerprint density at radius 2 is 2.14 bits per heavy atom. The van der Waals surface area contributed by atoms with Crippen LogP contribution in [0.5, 0.6) is 5.75 Å². The lowest BCUT2D eigenvalue weighted by molar-refractivity contribution is -0.129. The third-order valence-corrected chi connectivity index (χ3v) is 2.92. The molecule has 1 N–H and O–H groups in total. The van der Waals surface area contributed by atoms with Crippen LogP contribution >= 0.6 is 0 Å². The summed E-state index contributed by atoms with van der Waals surface area (Å²) in [5.74, 6) is 0.756. The fourth-order valence-corrected chi connectivity index (χ4v) is 1.60. The maximum atomic E-state index is 13.4. The van der Waals surface area contributed by atoms with Crippen LogP contribution in [0.4, 0.5) is 8.78 Å². The van der Waals surface area contributed by atoms with Crippen LogP contribution in [0.15, 0.2) is 18.2 Å². The van der Waals surface area contributed by atoms with Gasteiger partial charge in [0.1, 0.15) is 12.4 Å². The second-order valence-corrected chi connectivity index (χ2v) is 5.53. The van der Waals surface area contributed by atoms with E-state index in [-0.39, 0.29) is 24.3 Å². The van der Waals surface area contributed by atoms with E-state index in [9.17, 15) is 13.6 Å². The Morgan fingerprint density at radius 3 is 2.71 bits per heavy atom. The number of carbonyl (C=O) groups is 1. The van der Waals surface area contributed by atoms with Gasteiger partial charge in [-0.1, -0.05) is 13.8 Å². The standard InChI is InChI=1S/C16H19F2NO2/c1-5-8-16(3,4)15(20)19-11(2)10-21-14-7-6-12(17)9-13(14)18/h1,6-7,9,11H,8,10H2,2-4H3,(H,19,20)/t11-/m0/s1. The van der Waals surface area contributed by atoms with Gasteiger partial charge >= 0.3 is 0 Å². The largest absolute Gasteiger partial charge is 0.488 e. The molecule has 1 atom stereocenters. The van der Waals surface area contributed by atoms with Gasteiger partial charge in [-0.3, -0.25) is 4.79 Å². The number of rotatable bonds is 6. The van der Waals surface area contributed by atoms with E-state index in [0.29, 0.717) is 6.42 Å². The van der Waals surface area contributed by atoms with Crippen molar-refractivity contribution >= 4 is 5.91 Å². The summed E-state index contributed by atoms with van der Waals surface area (Å²) in [6.45, 7) is 5.29. The number of carbonyl (C=O) groups excluding carboxylic acids is 1. The van der Waals surface area contributed by atoms with Gasteiger partial charge in [0, 0.05) is 12.5 Å². The summed E-state index contributed by atoms with van der Waals surface area (Å²) in [7, 11) is 0. The van der Waals surface area contributed by atoms with Crippen LogP contribution in [-0.4, -0.2) is 18.6 Å². The average Bonchev–Trinajstić information content (AvgIpc) is 2.37. The van der Waals surface area contributed by atoms with E-state index in [0.717, 1.165) is 12.1 Å². The van der Waals surface area contributed by atoms with Crippen molar-refractivity contribution in [3.63, 3.8) is 0 Å². The molecule has 5 heteroatoms. The SMILES string of the molecule is C#CCC(C)(C)C(=O)N[C@@H](C)COc1ccc(F)cc1F. The monoisotopic (exact) mass is 295 g/mol. The van der Waals surface area contributed by atoms with E-state index in [1.54, 1.807) is 20.8 Å². The molecule has 0 aliphatic carbocycles. The van der Waals surface area contributed by atoms with E-state index in [4.69, 9.17) is 11.2 Å². The predicted octanol–water partition coefficient (Wildman–Crippen LogP) is 2.90. The van der Waals surface area contributed by atoms with Crippen molar-refractivity contribution < 1.29 is 18.3 Å². The molecule has 0 unspecified atom stereocenters. The third-order valence-electron chi connectivity index (χ3n) is 2.92. The molecule has 0 aliphatic heterocycles. The quantitative estimate of drug-likeness (QED) is 0.820. The molecule has 0 bridgehead atoms. The Morgan fingerprint density at radius 1 is 1.48 bits per heavy atom. The summed E-state index contributed by atoms with van der Waals surface area (Å²) in [5, 5.41) is 2.75. The Labute approximate surface area is 123 Å². The van der Waals surface area contributed by atoms with E-state index in [1.807, 2.05) is 0 Å². The first-order valence-corrected chi connectivity index (χ1v) is 6.58. The summed E-state index contributed by atoms with van der Waals surface area (Å²) in [5.41, 5.74) is -0.676. The van der Waals surface area contributed by atoms with Crippen LogP contribution in [0.1, 0.15) is 27.2 Å². The molecule has 0 saturated heterocycles. The number of benzene rings is 1. The van der Waals surface area contributed by atoms with Crippen LogP contribution in [-0.2, 0) is 4.79 Å². The lowest BCUT2D eigenvalue weighted by Crippen LogP contribution is -2.44. The van der Waals surface area contributed by atoms with Crippen molar-refractivity contribution in [3.8, 4) is 18.1 Å². The summed E-state index contributed by atoms with van der Waals surface area (Å²) in [6, 6.07) is 2.73. The molecule has 114 valence electrons. The summed E-state index contributed by atoms with van der Waals surface area (Å²) in [4.78, 5) is 12.0. The molecule has 1 aromatic rings. The second-order valence-electron chi connectivity index (χ2n) is 5.53. The maximum absolute atomic E-state index is 13.4. The van der Waals surface area contributed by atoms with Crippen molar-refractivity contribution in [1.82, 2.24) is 5.32 Å². The molecule has 0 fully saturated rings. The van der Waals surface area contributed by atoms with Gasteiger partial charge in [-0.05, 0) is 19.1 Å². The van der Waals surface area contributed by atoms with Crippen LogP contribution in [0, 0.1) is 29.4 Å². The van der Waals surface area contributed by atoms with Gasteiger partial charge in [0.15, 0.2) is 11.6 Å². The Balaban J connectivity index is 2.53. The molecule has 0 heterocycles. The fraction of sp³-hybridized carbons (Fsp3) is 0.438. The van der Waals surface area contributed by atoms with Crippen molar-refractivity contribution in [1.29, 1.82) is 0 Å². The number of amides is 1. The van der Waals surface area contributed by atoms with Crippen molar-refractivity contribution in [3.05, 3.63) is 29.8 Å². The lowest BCUT2D eigenvalue weighted by atomic mass is 9.88. The van der Waals surface area contributed by atoms with Crippen LogP contribution < -0.4 is 10.1 Å². The fourth-order valence-electron chi connectivity index (χ4n) is 1.60. The first kappa shape index (κ1) is 17.0. The number of terminal acetylenes is 1. The topological polar surface area (TPSA) is 38.3 Å². The molecule has 0 aromatic heterocycles. The summed E-state index contributed by atoms with van der Waals surface area (Å²) < 4.78 is 31.4. The molecule has 1 amide bonds. The van der Waals surface area contributed by atoms with E-state index >= 15 is 0 Å². The Hall–Kier alpha value is -2.09. The number of hydrogen-bond donors (Lipinski definition) is 1. The van der Waals surface area contributed by atoms with Gasteiger partial charge in [-0.15, -0.1) is 12.3 Å². The van der Waals surface area contributed by atoms with Gasteiger partial charge in [-0.25, -0.2) is 8.78 Å². The number of ether oxygens (including phenoxy) is 1. The number of hydrogen-bond acceptors (Lipinski definition) is 2. The maximum Gasteiger partial charge on any atom is 0.226 e. The van der Waals surface area contributed by atoms with Gasteiger partial charge in [0.05, 0.1) is 11.5 Å². The van der Waals surface area contributed by atoms with Crippen LogP contribution in [0.2, 0.25) is 0 Å². The molecule has 0 radical (unpaired) electrons. The smallest absolute Gasteiger partial charge is 0.226 e. The highest BCUT2D eigenvalue weighted by Gasteiger charge is 2.27. The van der Waals surface area contributed by atoms with Crippen LogP contribution in [0.25, 0.3) is 0 Å². The summed E-state index contributed by atoms with van der Waals surface area (Å²) >= 11 is 0. The minimum atomic E-state index is -0.777. The number of halogens is 2. The minimum Gasteiger partial charge on any atom is -0.488 e. The average molecular weight is 295 g/mol. The molecule has 21 heavy (non-hydrogen) atoms. The zero-order chi connectivity index (χ0) is 16.0. The summed E-state index contributed by atoms with van der Waals surface area (Å²) in [6.07, 6.45) is 5.54. The predicted molar refractivity (Wildman–Crippen MR) is 76.7 cm³/mol. The molecule has 1 rings (SSSR count). The molecule has 1 aromatic carbocycles. The van der Waals surface area contributed by atoms with Gasteiger partial charge < -0.3 is 10.1 Å². The number of nitrogens with one attached hydrogen (secondary N) is 1. The zero-order valence-corrected chi connectivity index (χ0v) is 12.4. The molecule has 0 aliphatic rings. The van der Waals surface area contributed by atoms with Gasteiger partial charge in [0.2, 0.25) is 5.91 Å². The highest BCUT2D eigenvalue weighted by atomic mass is 19.1. The highest BCUT2D eigenvalue weighted by molar-refractivity contribution is 5.82. The van der Waals surface area contributed by atoms with Crippen molar-refractivity contribution in [2.45, 2.75) is 33.2 Å². The van der Waals surface area contributed by atoms with Gasteiger partial charge in [-0.2, -0.15) is 0 Å². The minimum absolute atomic E-state index is 0.0552. The Bertz CT molecular complexity index is 550. The van der Waals surface area contributed by atoms with Crippen molar-refractivity contribution in [2.24, 2.45) is 5.41 Å². The third kappa shape index (κ3) is 5.07.